The molecule has 0 radical (unpaired) electrons. The van der Waals surface area contributed by atoms with Gasteiger partial charge in [-0.1, -0.05) is 129 Å². The van der Waals surface area contributed by atoms with Gasteiger partial charge in [0.1, 0.15) is 0 Å². The van der Waals surface area contributed by atoms with Crippen molar-refractivity contribution in [2.45, 2.75) is 187 Å². The molecule has 0 fully saturated rings. The quantitative estimate of drug-likeness (QED) is 0.147. The minimum Gasteiger partial charge on any atom is -0.460 e. The number of cyclic esters (lactones) is 1. The lowest BCUT2D eigenvalue weighted by atomic mass is 10.1. The number of hydrogen-bond acceptors (Lipinski definition) is 5. The fourth-order valence-electron chi connectivity index (χ4n) is 6.12. The van der Waals surface area contributed by atoms with Crippen LogP contribution in [0.5, 0.6) is 0 Å². The largest absolute Gasteiger partial charge is 0.460 e. The van der Waals surface area contributed by atoms with E-state index in [1.165, 1.54) is 6.08 Å². The van der Waals surface area contributed by atoms with Gasteiger partial charge >= 0.3 is 5.97 Å². The zero-order chi connectivity index (χ0) is 37.7. The monoisotopic (exact) mass is 745 g/mol. The van der Waals surface area contributed by atoms with Gasteiger partial charge in [0.2, 0.25) is 0 Å². The SMILES string of the molecule is CC[Si](CC)(CC)O[C@H]1C/C=C\C=C\[C@@H](O[Si](C)(C)C(C)(C)C)C/C=C/C=C/C(=O)O[C@H](C)CCC/C=C/C=C/[C@H](O[Si](CC)(CC)CC)C1. The van der Waals surface area contributed by atoms with E-state index in [9.17, 15) is 4.79 Å². The Morgan fingerprint density at radius 1 is 0.700 bits per heavy atom. The maximum Gasteiger partial charge on any atom is 0.331 e. The highest BCUT2D eigenvalue weighted by Gasteiger charge is 2.39. The zero-order valence-corrected chi connectivity index (χ0v) is 37.3. The molecule has 0 amide bonds. The molecule has 0 aliphatic carbocycles. The molecule has 1 heterocycles. The van der Waals surface area contributed by atoms with Crippen molar-refractivity contribution in [1.82, 2.24) is 0 Å². The first-order valence-electron chi connectivity index (χ1n) is 19.9. The molecule has 0 N–H and O–H groups in total. The van der Waals surface area contributed by atoms with Gasteiger partial charge in [0.25, 0.3) is 0 Å². The van der Waals surface area contributed by atoms with Crippen molar-refractivity contribution in [3.63, 3.8) is 0 Å². The number of ether oxygens (including phenoxy) is 1. The Morgan fingerprint density at radius 3 is 1.80 bits per heavy atom. The molecule has 0 saturated carbocycles. The van der Waals surface area contributed by atoms with Gasteiger partial charge in [-0.15, -0.1) is 0 Å². The van der Waals surface area contributed by atoms with Crippen LogP contribution >= 0.6 is 0 Å². The Balaban J connectivity index is 3.52. The van der Waals surface area contributed by atoms with Gasteiger partial charge < -0.3 is 18.0 Å². The standard InChI is InChI=1S/C42H76O5Si3/c1-13-49(14-2,15-3)46-39-33-25-21-19-20-24-30-37(7)44-41(43)35-29-23-27-32-38(45-48(11,12)42(8,9)10)31-26-22-28-34-40(36-39)47-50(16-4,17-5)18-6/h19,21-23,25-29,31,33,35,37-40H,13-18,20,24,30,32,34,36H2,1-12H3/b21-19+,27-23+,28-22-,31-26+,33-25+,35-29+/t37-,38-,39+,40+/m1/s1. The topological polar surface area (TPSA) is 54.0 Å². The summed E-state index contributed by atoms with van der Waals surface area (Å²) < 4.78 is 26.8. The molecule has 0 unspecified atom stereocenters. The van der Waals surface area contributed by atoms with Gasteiger partial charge in [-0.3, -0.25) is 0 Å². The predicted octanol–water partition coefficient (Wildman–Crippen LogP) is 12.8. The van der Waals surface area contributed by atoms with Crippen molar-refractivity contribution in [2.24, 2.45) is 0 Å². The summed E-state index contributed by atoms with van der Waals surface area (Å²) in [6.45, 7) is 27.3. The van der Waals surface area contributed by atoms with Crippen LogP contribution in [0.25, 0.3) is 0 Å². The van der Waals surface area contributed by atoms with Gasteiger partial charge in [0.15, 0.2) is 25.0 Å². The Labute approximate surface area is 312 Å². The van der Waals surface area contributed by atoms with E-state index in [4.69, 9.17) is 18.0 Å². The Hall–Kier alpha value is -1.56. The minimum absolute atomic E-state index is 0.0181. The van der Waals surface area contributed by atoms with E-state index in [2.05, 4.69) is 130 Å². The Kier molecular flexibility index (Phi) is 22.2. The van der Waals surface area contributed by atoms with E-state index in [1.54, 1.807) is 6.08 Å². The smallest absolute Gasteiger partial charge is 0.331 e. The third-order valence-electron chi connectivity index (χ3n) is 11.1. The van der Waals surface area contributed by atoms with Crippen molar-refractivity contribution < 1.29 is 22.8 Å². The molecule has 8 heteroatoms. The van der Waals surface area contributed by atoms with Crippen molar-refractivity contribution in [3.05, 3.63) is 72.9 Å². The van der Waals surface area contributed by atoms with Crippen molar-refractivity contribution >= 4 is 30.9 Å². The van der Waals surface area contributed by atoms with Gasteiger partial charge in [0.05, 0.1) is 24.4 Å². The van der Waals surface area contributed by atoms with E-state index >= 15 is 0 Å². The average molecular weight is 745 g/mol. The summed E-state index contributed by atoms with van der Waals surface area (Å²) >= 11 is 0. The number of allylic oxidation sites excluding steroid dienone is 7. The van der Waals surface area contributed by atoms with Crippen LogP contribution in [0.3, 0.4) is 0 Å². The van der Waals surface area contributed by atoms with E-state index in [-0.39, 0.29) is 35.4 Å². The van der Waals surface area contributed by atoms with Crippen LogP contribution in [0.4, 0.5) is 0 Å². The lowest BCUT2D eigenvalue weighted by molar-refractivity contribution is -0.142. The maximum atomic E-state index is 12.4. The van der Waals surface area contributed by atoms with Crippen LogP contribution < -0.4 is 0 Å². The summed E-state index contributed by atoms with van der Waals surface area (Å²) in [6, 6.07) is 6.78. The fourth-order valence-corrected chi connectivity index (χ4v) is 13.1. The van der Waals surface area contributed by atoms with E-state index in [1.807, 2.05) is 13.0 Å². The maximum absolute atomic E-state index is 12.4. The molecule has 286 valence electrons. The van der Waals surface area contributed by atoms with Gasteiger partial charge in [-0.05, 0) is 93.4 Å². The van der Waals surface area contributed by atoms with Crippen LogP contribution in [0.15, 0.2) is 72.9 Å². The first kappa shape index (κ1) is 46.5. The Bertz CT molecular complexity index is 1110. The lowest BCUT2D eigenvalue weighted by Crippen LogP contribution is -2.43. The molecular formula is C42H76O5Si3. The number of esters is 1. The van der Waals surface area contributed by atoms with Crippen molar-refractivity contribution in [2.75, 3.05) is 0 Å². The van der Waals surface area contributed by atoms with Gasteiger partial charge in [0, 0.05) is 12.5 Å². The predicted molar refractivity (Wildman–Crippen MR) is 224 cm³/mol. The number of hydrogen-bond donors (Lipinski definition) is 0. The number of carbonyl (C=O) groups excluding carboxylic acids is 1. The second kappa shape index (κ2) is 23.9. The number of rotatable bonds is 12. The third-order valence-corrected chi connectivity index (χ3v) is 25.0. The molecule has 4 atom stereocenters. The van der Waals surface area contributed by atoms with Crippen LogP contribution in [0.2, 0.25) is 54.4 Å². The van der Waals surface area contributed by atoms with E-state index in [0.29, 0.717) is 0 Å². The molecular weight excluding hydrogens is 669 g/mol. The average Bonchev–Trinajstić information content (AvgIpc) is 3.07. The summed E-state index contributed by atoms with van der Waals surface area (Å²) in [5.74, 6) is -0.301. The molecule has 0 saturated heterocycles. The molecule has 50 heavy (non-hydrogen) atoms. The molecule has 1 aliphatic heterocycles. The zero-order valence-electron chi connectivity index (χ0n) is 34.3. The lowest BCUT2D eigenvalue weighted by Gasteiger charge is -2.38. The molecule has 1 rings (SSSR count). The molecule has 5 nitrogen and oxygen atoms in total. The highest BCUT2D eigenvalue weighted by atomic mass is 28.4. The third kappa shape index (κ3) is 17.3. The molecule has 1 aliphatic rings. The second-order valence-corrected chi connectivity index (χ2v) is 29.8. The summed E-state index contributed by atoms with van der Waals surface area (Å²) in [5, 5.41) is 0.106. The molecule has 0 spiro atoms. The number of carbonyl (C=O) groups is 1. The molecule has 0 aromatic heterocycles. The summed E-state index contributed by atoms with van der Waals surface area (Å²) in [6.07, 6.45) is 30.0. The summed E-state index contributed by atoms with van der Waals surface area (Å²) in [7, 11) is -5.69. The molecule has 0 bridgehead atoms. The second-order valence-electron chi connectivity index (χ2n) is 15.6. The fraction of sp³-hybridized carbons (Fsp3) is 0.690. The van der Waals surface area contributed by atoms with E-state index in [0.717, 1.165) is 74.8 Å². The van der Waals surface area contributed by atoms with Crippen LogP contribution in [0, 0.1) is 0 Å². The summed E-state index contributed by atoms with van der Waals surface area (Å²) in [5.41, 5.74) is 0. The molecule has 0 aromatic rings. The highest BCUT2D eigenvalue weighted by molar-refractivity contribution is 6.74. The van der Waals surface area contributed by atoms with Crippen molar-refractivity contribution in [3.8, 4) is 0 Å². The first-order valence-corrected chi connectivity index (χ1v) is 27.8. The van der Waals surface area contributed by atoms with Crippen LogP contribution in [-0.2, 0) is 22.8 Å². The van der Waals surface area contributed by atoms with E-state index < -0.39 is 25.0 Å². The summed E-state index contributed by atoms with van der Waals surface area (Å²) in [4.78, 5) is 12.4. The Morgan fingerprint density at radius 2 is 1.22 bits per heavy atom. The van der Waals surface area contributed by atoms with Crippen LogP contribution in [0.1, 0.15) is 108 Å². The van der Waals surface area contributed by atoms with Crippen molar-refractivity contribution in [1.29, 1.82) is 0 Å². The minimum atomic E-state index is -2.00. The highest BCUT2D eigenvalue weighted by Crippen LogP contribution is 2.38. The molecule has 0 aromatic carbocycles. The van der Waals surface area contributed by atoms with Gasteiger partial charge in [-0.25, -0.2) is 4.79 Å². The van der Waals surface area contributed by atoms with Crippen LogP contribution in [-0.4, -0.2) is 55.3 Å². The normalized spacial score (nSPS) is 27.0. The van der Waals surface area contributed by atoms with Gasteiger partial charge in [-0.2, -0.15) is 0 Å². The first-order chi connectivity index (χ1) is 23.6.